The van der Waals surface area contributed by atoms with Crippen molar-refractivity contribution in [2.45, 2.75) is 30.5 Å². The van der Waals surface area contributed by atoms with Crippen LogP contribution in [0.1, 0.15) is 19.3 Å². The number of hydrogen-bond donors (Lipinski definition) is 1. The molecule has 6 heteroatoms. The van der Waals surface area contributed by atoms with Crippen molar-refractivity contribution in [2.75, 3.05) is 18.9 Å². The summed E-state index contributed by atoms with van der Waals surface area (Å²) in [7, 11) is 0. The van der Waals surface area contributed by atoms with E-state index in [1.165, 1.54) is 11.8 Å². The number of aliphatic hydroxyl groups excluding tert-OH is 1. The van der Waals surface area contributed by atoms with Crippen molar-refractivity contribution in [2.24, 2.45) is 0 Å². The summed E-state index contributed by atoms with van der Waals surface area (Å²) in [5, 5.41) is 9.88. The number of rotatable bonds is 4. The monoisotopic (exact) mass is 306 g/mol. The third-order valence-electron chi connectivity index (χ3n) is 3.75. The van der Waals surface area contributed by atoms with Crippen LogP contribution in [0.15, 0.2) is 33.9 Å². The van der Waals surface area contributed by atoms with Gasteiger partial charge in [0.15, 0.2) is 5.58 Å². The van der Waals surface area contributed by atoms with Crippen LogP contribution < -0.4 is 0 Å². The minimum atomic E-state index is -0.0320. The van der Waals surface area contributed by atoms with E-state index in [-0.39, 0.29) is 18.6 Å². The second-order valence-electron chi connectivity index (χ2n) is 5.16. The Bertz CT molecular complexity index is 595. The van der Waals surface area contributed by atoms with Crippen LogP contribution in [0.4, 0.5) is 0 Å². The molecule has 0 bridgehead atoms. The lowest BCUT2D eigenvalue weighted by molar-refractivity contribution is -0.133. The Kier molecular flexibility index (Phi) is 4.45. The Balaban J connectivity index is 1.62. The molecule has 1 aliphatic rings. The van der Waals surface area contributed by atoms with E-state index in [9.17, 15) is 9.90 Å². The molecule has 1 aromatic heterocycles. The molecule has 0 aliphatic carbocycles. The van der Waals surface area contributed by atoms with E-state index in [2.05, 4.69) is 4.98 Å². The van der Waals surface area contributed by atoms with Crippen LogP contribution in [0.25, 0.3) is 11.1 Å². The minimum Gasteiger partial charge on any atom is -0.431 e. The largest absolute Gasteiger partial charge is 0.431 e. The molecule has 0 saturated carbocycles. The van der Waals surface area contributed by atoms with Crippen molar-refractivity contribution in [1.29, 1.82) is 0 Å². The van der Waals surface area contributed by atoms with Crippen LogP contribution in [0.3, 0.4) is 0 Å². The molecule has 1 aliphatic heterocycles. The van der Waals surface area contributed by atoms with Crippen LogP contribution in [0.2, 0.25) is 0 Å². The van der Waals surface area contributed by atoms with Gasteiger partial charge >= 0.3 is 0 Å². The standard InChI is InChI=1S/C15H18N2O3S/c18-9-11-5-3-4-8-17(11)14(19)10-21-15-16-12-6-1-2-7-13(12)20-15/h1-2,6-7,11,18H,3-5,8-10H2. The normalized spacial score (nSPS) is 19.1. The average molecular weight is 306 g/mol. The molecule has 0 spiro atoms. The van der Waals surface area contributed by atoms with Gasteiger partial charge in [-0.05, 0) is 31.4 Å². The highest BCUT2D eigenvalue weighted by atomic mass is 32.2. The molecule has 1 amide bonds. The molecule has 1 saturated heterocycles. The first-order valence-electron chi connectivity index (χ1n) is 7.16. The Hall–Kier alpha value is -1.53. The van der Waals surface area contributed by atoms with Gasteiger partial charge in [0.2, 0.25) is 5.91 Å². The van der Waals surface area contributed by atoms with Crippen molar-refractivity contribution < 1.29 is 14.3 Å². The molecule has 21 heavy (non-hydrogen) atoms. The van der Waals surface area contributed by atoms with Gasteiger partial charge in [-0.15, -0.1) is 0 Å². The van der Waals surface area contributed by atoms with E-state index in [1.54, 1.807) is 4.90 Å². The quantitative estimate of drug-likeness (QED) is 0.878. The number of para-hydroxylation sites is 2. The summed E-state index contributed by atoms with van der Waals surface area (Å²) in [6.07, 6.45) is 2.97. The molecular formula is C15H18N2O3S. The number of amides is 1. The first-order valence-corrected chi connectivity index (χ1v) is 8.15. The number of oxazole rings is 1. The molecule has 2 heterocycles. The van der Waals surface area contributed by atoms with Crippen molar-refractivity contribution in [1.82, 2.24) is 9.88 Å². The number of thioether (sulfide) groups is 1. The number of nitrogens with zero attached hydrogens (tertiary/aromatic N) is 2. The third kappa shape index (κ3) is 3.22. The van der Waals surface area contributed by atoms with Gasteiger partial charge in [0.05, 0.1) is 18.4 Å². The second kappa shape index (κ2) is 6.49. The number of hydrogen-bond acceptors (Lipinski definition) is 5. The number of fused-ring (bicyclic) bond motifs is 1. The van der Waals surface area contributed by atoms with E-state index in [4.69, 9.17) is 4.42 Å². The number of carbonyl (C=O) groups is 1. The Morgan fingerprint density at radius 1 is 1.43 bits per heavy atom. The van der Waals surface area contributed by atoms with Crippen LogP contribution in [0, 0.1) is 0 Å². The molecule has 1 unspecified atom stereocenters. The lowest BCUT2D eigenvalue weighted by atomic mass is 10.0. The zero-order valence-corrected chi connectivity index (χ0v) is 12.5. The minimum absolute atomic E-state index is 0.0320. The first kappa shape index (κ1) is 14.4. The summed E-state index contributed by atoms with van der Waals surface area (Å²) < 4.78 is 5.59. The maximum atomic E-state index is 12.3. The molecule has 1 fully saturated rings. The average Bonchev–Trinajstić information content (AvgIpc) is 2.95. The summed E-state index contributed by atoms with van der Waals surface area (Å²) in [4.78, 5) is 18.4. The molecule has 2 aromatic rings. The number of benzene rings is 1. The highest BCUT2D eigenvalue weighted by molar-refractivity contribution is 7.99. The van der Waals surface area contributed by atoms with Gasteiger partial charge in [0.25, 0.3) is 5.22 Å². The first-order chi connectivity index (χ1) is 10.3. The van der Waals surface area contributed by atoms with Gasteiger partial charge in [-0.1, -0.05) is 23.9 Å². The summed E-state index contributed by atoms with van der Waals surface area (Å²) in [6, 6.07) is 7.52. The Morgan fingerprint density at radius 2 is 2.29 bits per heavy atom. The fourth-order valence-corrected chi connectivity index (χ4v) is 3.36. The van der Waals surface area contributed by atoms with Crippen LogP contribution in [-0.4, -0.2) is 45.8 Å². The number of aliphatic hydroxyl groups is 1. The van der Waals surface area contributed by atoms with Gasteiger partial charge in [0, 0.05) is 6.54 Å². The molecule has 3 rings (SSSR count). The fraction of sp³-hybridized carbons (Fsp3) is 0.467. The van der Waals surface area contributed by atoms with Crippen LogP contribution in [-0.2, 0) is 4.79 Å². The zero-order chi connectivity index (χ0) is 14.7. The molecule has 0 radical (unpaired) electrons. The van der Waals surface area contributed by atoms with E-state index in [0.717, 1.165) is 36.9 Å². The maximum absolute atomic E-state index is 12.3. The van der Waals surface area contributed by atoms with Crippen molar-refractivity contribution in [3.05, 3.63) is 24.3 Å². The number of aromatic nitrogens is 1. The Labute approximate surface area is 127 Å². The predicted octanol–water partition coefficient (Wildman–Crippen LogP) is 2.29. The molecule has 112 valence electrons. The van der Waals surface area contributed by atoms with E-state index >= 15 is 0 Å². The van der Waals surface area contributed by atoms with Gasteiger partial charge in [-0.25, -0.2) is 4.98 Å². The predicted molar refractivity (Wildman–Crippen MR) is 81.2 cm³/mol. The molecular weight excluding hydrogens is 288 g/mol. The van der Waals surface area contributed by atoms with Crippen molar-refractivity contribution in [3.63, 3.8) is 0 Å². The van der Waals surface area contributed by atoms with Crippen molar-refractivity contribution >= 4 is 28.8 Å². The van der Waals surface area contributed by atoms with Crippen LogP contribution >= 0.6 is 11.8 Å². The van der Waals surface area contributed by atoms with E-state index < -0.39 is 0 Å². The SMILES string of the molecule is O=C(CSc1nc2ccccc2o1)N1CCCCC1CO. The maximum Gasteiger partial charge on any atom is 0.257 e. The Morgan fingerprint density at radius 3 is 3.10 bits per heavy atom. The zero-order valence-electron chi connectivity index (χ0n) is 11.7. The van der Waals surface area contributed by atoms with E-state index in [1.807, 2.05) is 24.3 Å². The summed E-state index contributed by atoms with van der Waals surface area (Å²) in [6.45, 7) is 0.775. The molecule has 1 aromatic carbocycles. The van der Waals surface area contributed by atoms with E-state index in [0.29, 0.717) is 11.0 Å². The number of likely N-dealkylation sites (tertiary alicyclic amines) is 1. The summed E-state index contributed by atoms with van der Waals surface area (Å²) >= 11 is 1.31. The topological polar surface area (TPSA) is 66.6 Å². The van der Waals surface area contributed by atoms with Gasteiger partial charge in [-0.2, -0.15) is 0 Å². The number of piperidine rings is 1. The highest BCUT2D eigenvalue weighted by Gasteiger charge is 2.26. The molecule has 1 N–H and O–H groups in total. The van der Waals surface area contributed by atoms with Crippen LogP contribution in [0.5, 0.6) is 0 Å². The third-order valence-corrected chi connectivity index (χ3v) is 4.56. The molecule has 1 atom stereocenters. The smallest absolute Gasteiger partial charge is 0.257 e. The lowest BCUT2D eigenvalue weighted by Gasteiger charge is -2.34. The number of carbonyl (C=O) groups excluding carboxylic acids is 1. The highest BCUT2D eigenvalue weighted by Crippen LogP contribution is 2.24. The van der Waals surface area contributed by atoms with Gasteiger partial charge in [-0.3, -0.25) is 4.79 Å². The second-order valence-corrected chi connectivity index (χ2v) is 6.08. The van der Waals surface area contributed by atoms with Gasteiger partial charge in [0.1, 0.15) is 5.52 Å². The summed E-state index contributed by atoms with van der Waals surface area (Å²) in [5.74, 6) is 0.338. The lowest BCUT2D eigenvalue weighted by Crippen LogP contribution is -2.46. The summed E-state index contributed by atoms with van der Waals surface area (Å²) in [5.41, 5.74) is 1.54. The van der Waals surface area contributed by atoms with Crippen molar-refractivity contribution in [3.8, 4) is 0 Å². The fourth-order valence-electron chi connectivity index (χ4n) is 2.64. The van der Waals surface area contributed by atoms with Gasteiger partial charge < -0.3 is 14.4 Å². The molecule has 5 nitrogen and oxygen atoms in total.